The molecule has 0 heterocycles. The molecule has 0 radical (unpaired) electrons. The van der Waals surface area contributed by atoms with E-state index in [0.717, 1.165) is 5.56 Å². The number of carbonyl (C=O) groups is 1. The fraction of sp³-hybridized carbons (Fsp3) is 0.182. The minimum Gasteiger partial charge on any atom is -0.303 e. The number of hydrogen-bond donors (Lipinski definition) is 1. The van der Waals surface area contributed by atoms with Crippen molar-refractivity contribution < 1.29 is 17.5 Å². The maximum Gasteiger partial charge on any atom is 0.317 e. The summed E-state index contributed by atoms with van der Waals surface area (Å²) in [5, 5.41) is 0. The maximum atomic E-state index is 11.6. The van der Waals surface area contributed by atoms with Crippen LogP contribution in [0.3, 0.4) is 0 Å². The highest BCUT2D eigenvalue weighted by atomic mass is 32.2. The highest BCUT2D eigenvalue weighted by Crippen LogP contribution is 2.12. The zero-order valence-corrected chi connectivity index (χ0v) is 10.1. The topological polar surface area (TPSA) is 72.5 Å². The summed E-state index contributed by atoms with van der Waals surface area (Å²) in [6.07, 6.45) is 3.58. The van der Waals surface area contributed by atoms with Gasteiger partial charge in [-0.15, -0.1) is 4.28 Å². The van der Waals surface area contributed by atoms with Crippen molar-refractivity contribution in [2.45, 2.75) is 18.2 Å². The van der Waals surface area contributed by atoms with Gasteiger partial charge in [-0.25, -0.2) is 0 Å². The number of hydrogen-bond acceptors (Lipinski definition) is 5. The van der Waals surface area contributed by atoms with Gasteiger partial charge >= 0.3 is 10.1 Å². The van der Waals surface area contributed by atoms with Crippen LogP contribution in [0, 0.1) is 6.92 Å². The third-order valence-electron chi connectivity index (χ3n) is 1.85. The number of allylic oxidation sites excluding steroid dienone is 1. The van der Waals surface area contributed by atoms with Gasteiger partial charge in [-0.3, -0.25) is 5.48 Å². The third kappa shape index (κ3) is 4.38. The molecule has 0 aromatic heterocycles. The van der Waals surface area contributed by atoms with E-state index < -0.39 is 10.1 Å². The highest BCUT2D eigenvalue weighted by Gasteiger charge is 2.14. The molecule has 0 aliphatic carbocycles. The van der Waals surface area contributed by atoms with E-state index in [0.29, 0.717) is 6.29 Å². The van der Waals surface area contributed by atoms with Crippen LogP contribution >= 0.6 is 0 Å². The monoisotopic (exact) mass is 255 g/mol. The number of carbonyl (C=O) groups excluding carboxylic acids is 1. The average Bonchev–Trinajstić information content (AvgIpc) is 2.29. The molecule has 0 unspecified atom stereocenters. The second-order valence-corrected chi connectivity index (χ2v) is 4.82. The Morgan fingerprint density at radius 2 is 2.18 bits per heavy atom. The van der Waals surface area contributed by atoms with E-state index in [4.69, 9.17) is 0 Å². The molecule has 0 fully saturated rings. The summed E-state index contributed by atoms with van der Waals surface area (Å²) >= 11 is 0. The summed E-state index contributed by atoms with van der Waals surface area (Å²) in [6.45, 7) is 1.79. The third-order valence-corrected chi connectivity index (χ3v) is 3.00. The Kier molecular flexibility index (Phi) is 4.86. The molecule has 1 aromatic rings. The summed E-state index contributed by atoms with van der Waals surface area (Å²) in [6, 6.07) is 6.37. The fourth-order valence-electron chi connectivity index (χ4n) is 1.08. The molecule has 92 valence electrons. The molecule has 1 aromatic carbocycles. The van der Waals surface area contributed by atoms with Crippen LogP contribution in [-0.2, 0) is 19.2 Å². The second kappa shape index (κ2) is 6.17. The van der Waals surface area contributed by atoms with Gasteiger partial charge in [-0.05, 0) is 24.6 Å². The maximum absolute atomic E-state index is 11.6. The van der Waals surface area contributed by atoms with Crippen LogP contribution in [0.1, 0.15) is 12.0 Å². The van der Waals surface area contributed by atoms with Gasteiger partial charge in [0.1, 0.15) is 6.29 Å². The number of nitrogens with one attached hydrogen (secondary N) is 1. The van der Waals surface area contributed by atoms with Crippen LogP contribution in [0.5, 0.6) is 0 Å². The standard InChI is InChI=1S/C11H13NO4S/c1-10-5-4-6-11(9-10)17(14,15)16-12-7-2-3-8-13/h2,4-9,12H,3H2,1H3. The van der Waals surface area contributed by atoms with Gasteiger partial charge in [-0.1, -0.05) is 18.2 Å². The lowest BCUT2D eigenvalue weighted by Crippen LogP contribution is -2.15. The van der Waals surface area contributed by atoms with Crippen LogP contribution in [0.4, 0.5) is 0 Å². The number of aldehydes is 1. The molecule has 0 aliphatic heterocycles. The van der Waals surface area contributed by atoms with Gasteiger partial charge in [0.05, 0.1) is 4.90 Å². The van der Waals surface area contributed by atoms with Crippen LogP contribution in [0.2, 0.25) is 0 Å². The Balaban J connectivity index is 2.66. The van der Waals surface area contributed by atoms with E-state index in [1.807, 2.05) is 0 Å². The van der Waals surface area contributed by atoms with E-state index in [1.165, 1.54) is 24.4 Å². The van der Waals surface area contributed by atoms with Crippen molar-refractivity contribution in [1.29, 1.82) is 0 Å². The molecule has 0 saturated heterocycles. The molecule has 0 bridgehead atoms. The van der Waals surface area contributed by atoms with Crippen LogP contribution in [0.25, 0.3) is 0 Å². The summed E-state index contributed by atoms with van der Waals surface area (Å²) in [4.78, 5) is 10.1. The number of benzene rings is 1. The SMILES string of the molecule is Cc1cccc(S(=O)(=O)ONC=CCC=O)c1. The molecule has 1 N–H and O–H groups in total. The van der Waals surface area contributed by atoms with Crippen molar-refractivity contribution in [2.24, 2.45) is 0 Å². The van der Waals surface area contributed by atoms with Gasteiger partial charge in [0, 0.05) is 12.6 Å². The Morgan fingerprint density at radius 3 is 2.82 bits per heavy atom. The lowest BCUT2D eigenvalue weighted by Gasteiger charge is -2.04. The summed E-state index contributed by atoms with van der Waals surface area (Å²) in [5.74, 6) is 0. The first-order valence-corrected chi connectivity index (χ1v) is 6.31. The predicted molar refractivity (Wildman–Crippen MR) is 62.4 cm³/mol. The minimum atomic E-state index is -3.82. The highest BCUT2D eigenvalue weighted by molar-refractivity contribution is 7.86. The molecule has 0 aliphatic rings. The fourth-order valence-corrected chi connectivity index (χ4v) is 1.94. The van der Waals surface area contributed by atoms with Crippen molar-refractivity contribution >= 4 is 16.4 Å². The largest absolute Gasteiger partial charge is 0.317 e. The van der Waals surface area contributed by atoms with Gasteiger partial charge in [0.15, 0.2) is 0 Å². The molecule has 5 nitrogen and oxygen atoms in total. The van der Waals surface area contributed by atoms with Gasteiger partial charge in [0.25, 0.3) is 0 Å². The zero-order valence-electron chi connectivity index (χ0n) is 9.29. The molecular formula is C11H13NO4S. The summed E-state index contributed by atoms with van der Waals surface area (Å²) < 4.78 is 27.8. The van der Waals surface area contributed by atoms with Gasteiger partial charge in [-0.2, -0.15) is 8.42 Å². The molecule has 6 heteroatoms. The first kappa shape index (κ1) is 13.4. The summed E-state index contributed by atoms with van der Waals surface area (Å²) in [5.41, 5.74) is 2.98. The Labute approximate surface area is 100 Å². The molecule has 0 atom stereocenters. The molecule has 17 heavy (non-hydrogen) atoms. The summed E-state index contributed by atoms with van der Waals surface area (Å²) in [7, 11) is -3.82. The molecule has 0 amide bonds. The first-order chi connectivity index (χ1) is 8.06. The number of hydroxylamine groups is 1. The van der Waals surface area contributed by atoms with E-state index in [1.54, 1.807) is 19.1 Å². The van der Waals surface area contributed by atoms with Gasteiger partial charge < -0.3 is 4.79 Å². The normalized spacial score (nSPS) is 11.6. The predicted octanol–water partition coefficient (Wildman–Crippen LogP) is 1.31. The zero-order chi connectivity index (χ0) is 12.7. The van der Waals surface area contributed by atoms with E-state index in [9.17, 15) is 13.2 Å². The molecular weight excluding hydrogens is 242 g/mol. The van der Waals surface area contributed by atoms with Crippen molar-refractivity contribution in [3.05, 3.63) is 42.1 Å². The lowest BCUT2D eigenvalue weighted by atomic mass is 10.2. The number of rotatable bonds is 6. The van der Waals surface area contributed by atoms with E-state index in [-0.39, 0.29) is 11.3 Å². The van der Waals surface area contributed by atoms with Gasteiger partial charge in [0.2, 0.25) is 0 Å². The Hall–Kier alpha value is -1.66. The first-order valence-electron chi connectivity index (χ1n) is 4.90. The number of aryl methyl sites for hydroxylation is 1. The lowest BCUT2D eigenvalue weighted by molar-refractivity contribution is -0.107. The van der Waals surface area contributed by atoms with Crippen molar-refractivity contribution in [1.82, 2.24) is 5.48 Å². The smallest absolute Gasteiger partial charge is 0.303 e. The Bertz CT molecular complexity index is 508. The molecule has 0 spiro atoms. The van der Waals surface area contributed by atoms with Crippen molar-refractivity contribution in [3.63, 3.8) is 0 Å². The average molecular weight is 255 g/mol. The van der Waals surface area contributed by atoms with Crippen LogP contribution in [0.15, 0.2) is 41.4 Å². The van der Waals surface area contributed by atoms with Crippen molar-refractivity contribution in [2.75, 3.05) is 0 Å². The van der Waals surface area contributed by atoms with E-state index >= 15 is 0 Å². The quantitative estimate of drug-likeness (QED) is 0.613. The van der Waals surface area contributed by atoms with Crippen LogP contribution in [-0.4, -0.2) is 14.7 Å². The molecule has 0 saturated carbocycles. The minimum absolute atomic E-state index is 0.0776. The van der Waals surface area contributed by atoms with E-state index in [2.05, 4.69) is 9.76 Å². The molecule has 1 rings (SSSR count). The second-order valence-electron chi connectivity index (χ2n) is 3.28. The Morgan fingerprint density at radius 1 is 1.41 bits per heavy atom. The van der Waals surface area contributed by atoms with Crippen LogP contribution < -0.4 is 5.48 Å². The van der Waals surface area contributed by atoms with Crippen molar-refractivity contribution in [3.8, 4) is 0 Å².